The van der Waals surface area contributed by atoms with Crippen LogP contribution in [0.5, 0.6) is 0 Å². The van der Waals surface area contributed by atoms with Gasteiger partial charge in [0.15, 0.2) is 0 Å². The molecular weight excluding hydrogens is 409 g/mol. The zero-order valence-electron chi connectivity index (χ0n) is 17.8. The topological polar surface area (TPSA) is 71.7 Å². The van der Waals surface area contributed by atoms with Gasteiger partial charge in [-0.25, -0.2) is 9.18 Å². The predicted octanol–water partition coefficient (Wildman–Crippen LogP) is 2.72. The Morgan fingerprint density at radius 1 is 0.938 bits per heavy atom. The number of benzene rings is 2. The van der Waals surface area contributed by atoms with E-state index in [1.54, 1.807) is 21.9 Å². The van der Waals surface area contributed by atoms with E-state index in [0.717, 1.165) is 17.6 Å². The van der Waals surface area contributed by atoms with Gasteiger partial charge in [-0.15, -0.1) is 0 Å². The van der Waals surface area contributed by atoms with Gasteiger partial charge in [0, 0.05) is 49.3 Å². The van der Waals surface area contributed by atoms with Crippen LogP contribution in [0.3, 0.4) is 0 Å². The lowest BCUT2D eigenvalue weighted by atomic mass is 10.0. The van der Waals surface area contributed by atoms with Crippen molar-refractivity contribution in [2.24, 2.45) is 0 Å². The molecule has 5 rings (SSSR count). The van der Waals surface area contributed by atoms with Crippen LogP contribution in [0.1, 0.15) is 11.3 Å². The molecule has 2 N–H and O–H groups in total. The average Bonchev–Trinajstić information content (AvgIpc) is 3.20. The molecule has 0 radical (unpaired) electrons. The molecule has 0 aliphatic carbocycles. The van der Waals surface area contributed by atoms with Gasteiger partial charge in [-0.05, 0) is 30.2 Å². The first-order chi connectivity index (χ1) is 15.6. The lowest BCUT2D eigenvalue weighted by Gasteiger charge is -2.36. The first-order valence-corrected chi connectivity index (χ1v) is 11.0. The zero-order chi connectivity index (χ0) is 22.1. The van der Waals surface area contributed by atoms with E-state index in [2.05, 4.69) is 16.4 Å². The molecule has 8 heteroatoms. The summed E-state index contributed by atoms with van der Waals surface area (Å²) in [5, 5.41) is 3.99. The Balaban J connectivity index is 1.12. The number of para-hydroxylation sites is 2. The van der Waals surface area contributed by atoms with Gasteiger partial charge in [-0.2, -0.15) is 0 Å². The van der Waals surface area contributed by atoms with Crippen LogP contribution >= 0.6 is 0 Å². The Hall–Kier alpha value is -3.55. The Morgan fingerprint density at radius 3 is 2.50 bits per heavy atom. The van der Waals surface area contributed by atoms with Gasteiger partial charge >= 0.3 is 6.03 Å². The molecular formula is C24H26FN5O2. The monoisotopic (exact) mass is 435 g/mol. The molecule has 2 aromatic carbocycles. The van der Waals surface area contributed by atoms with Gasteiger partial charge in [0.1, 0.15) is 5.82 Å². The minimum atomic E-state index is -0.251. The summed E-state index contributed by atoms with van der Waals surface area (Å²) in [6.45, 7) is 3.23. The van der Waals surface area contributed by atoms with Gasteiger partial charge < -0.3 is 25.0 Å². The number of nitrogens with zero attached hydrogens (tertiary/aromatic N) is 3. The molecule has 7 nitrogen and oxygen atoms in total. The molecule has 0 spiro atoms. The number of halogens is 1. The van der Waals surface area contributed by atoms with Crippen molar-refractivity contribution in [3.05, 3.63) is 65.6 Å². The van der Waals surface area contributed by atoms with E-state index in [9.17, 15) is 14.0 Å². The molecule has 2 aliphatic rings. The number of amides is 3. The fourth-order valence-electron chi connectivity index (χ4n) is 4.65. The van der Waals surface area contributed by atoms with Gasteiger partial charge in [0.2, 0.25) is 5.91 Å². The summed E-state index contributed by atoms with van der Waals surface area (Å²) in [6.07, 6.45) is 0.790. The van der Waals surface area contributed by atoms with E-state index in [1.807, 2.05) is 29.2 Å². The predicted molar refractivity (Wildman–Crippen MR) is 121 cm³/mol. The number of hydrogen-bond acceptors (Lipinski definition) is 3. The second-order valence-corrected chi connectivity index (χ2v) is 8.28. The number of fused-ring (bicyclic) bond motifs is 3. The van der Waals surface area contributed by atoms with Crippen LogP contribution in [0.4, 0.5) is 14.9 Å². The highest BCUT2D eigenvalue weighted by molar-refractivity contribution is 5.86. The number of rotatable bonds is 3. The third kappa shape index (κ3) is 3.88. The molecule has 1 aromatic heterocycles. The van der Waals surface area contributed by atoms with Gasteiger partial charge in [-0.1, -0.05) is 30.3 Å². The van der Waals surface area contributed by atoms with E-state index in [1.165, 1.54) is 17.0 Å². The van der Waals surface area contributed by atoms with Gasteiger partial charge in [-0.3, -0.25) is 4.79 Å². The summed E-state index contributed by atoms with van der Waals surface area (Å²) in [4.78, 5) is 34.1. The Labute approximate surface area is 185 Å². The van der Waals surface area contributed by atoms with Crippen LogP contribution < -0.4 is 10.2 Å². The van der Waals surface area contributed by atoms with Crippen molar-refractivity contribution in [2.75, 3.05) is 44.2 Å². The third-order valence-corrected chi connectivity index (χ3v) is 6.39. The van der Waals surface area contributed by atoms with Crippen molar-refractivity contribution in [1.29, 1.82) is 0 Å². The molecule has 3 aromatic rings. The van der Waals surface area contributed by atoms with E-state index >= 15 is 0 Å². The molecule has 0 saturated carbocycles. The van der Waals surface area contributed by atoms with Crippen LogP contribution in [-0.2, 0) is 17.8 Å². The summed E-state index contributed by atoms with van der Waals surface area (Å²) in [5.41, 5.74) is 3.98. The number of aromatic nitrogens is 1. The van der Waals surface area contributed by atoms with Crippen molar-refractivity contribution in [2.45, 2.75) is 13.0 Å². The number of urea groups is 1. The van der Waals surface area contributed by atoms with Gasteiger partial charge in [0.05, 0.1) is 18.8 Å². The maximum Gasteiger partial charge on any atom is 0.318 e. The van der Waals surface area contributed by atoms with Crippen LogP contribution in [0, 0.1) is 5.82 Å². The van der Waals surface area contributed by atoms with Crippen LogP contribution in [0.25, 0.3) is 10.9 Å². The van der Waals surface area contributed by atoms with Crippen molar-refractivity contribution in [3.8, 4) is 0 Å². The van der Waals surface area contributed by atoms with Crippen LogP contribution in [0.15, 0.2) is 48.5 Å². The quantitative estimate of drug-likeness (QED) is 0.665. The largest absolute Gasteiger partial charge is 0.366 e. The summed E-state index contributed by atoms with van der Waals surface area (Å²) in [6, 6.07) is 14.6. The molecule has 3 heterocycles. The molecule has 1 saturated heterocycles. The molecule has 0 unspecified atom stereocenters. The summed E-state index contributed by atoms with van der Waals surface area (Å²) in [7, 11) is 0. The summed E-state index contributed by atoms with van der Waals surface area (Å²) < 4.78 is 14.0. The van der Waals surface area contributed by atoms with E-state index in [-0.39, 0.29) is 24.3 Å². The molecule has 166 valence electrons. The Bertz CT molecular complexity index is 1150. The molecule has 1 fully saturated rings. The third-order valence-electron chi connectivity index (χ3n) is 6.39. The van der Waals surface area contributed by atoms with Crippen LogP contribution in [-0.4, -0.2) is 66.0 Å². The minimum Gasteiger partial charge on any atom is -0.366 e. The number of nitrogens with one attached hydrogen (secondary N) is 2. The van der Waals surface area contributed by atoms with Crippen molar-refractivity contribution in [1.82, 2.24) is 20.1 Å². The van der Waals surface area contributed by atoms with E-state index in [0.29, 0.717) is 45.0 Å². The fourth-order valence-corrected chi connectivity index (χ4v) is 4.65. The molecule has 32 heavy (non-hydrogen) atoms. The number of piperazine rings is 1. The number of H-pyrrole nitrogens is 1. The SMILES string of the molecule is O=C(CNC(=O)N1CCc2c([nH]c3ccccc23)C1)N1CCN(c2ccccc2F)CC1. The lowest BCUT2D eigenvalue weighted by molar-refractivity contribution is -0.130. The number of anilines is 1. The average molecular weight is 436 g/mol. The number of aromatic amines is 1. The number of carbonyl (C=O) groups excluding carboxylic acids is 2. The minimum absolute atomic E-state index is 0.0331. The first-order valence-electron chi connectivity index (χ1n) is 11.0. The number of carbonyl (C=O) groups is 2. The Morgan fingerprint density at radius 2 is 1.69 bits per heavy atom. The maximum absolute atomic E-state index is 14.0. The molecule has 3 amide bonds. The Kier molecular flexibility index (Phi) is 5.43. The van der Waals surface area contributed by atoms with Crippen LogP contribution in [0.2, 0.25) is 0 Å². The molecule has 0 bridgehead atoms. The second-order valence-electron chi connectivity index (χ2n) is 8.28. The summed E-state index contributed by atoms with van der Waals surface area (Å²) >= 11 is 0. The highest BCUT2D eigenvalue weighted by Crippen LogP contribution is 2.27. The smallest absolute Gasteiger partial charge is 0.318 e. The lowest BCUT2D eigenvalue weighted by Crippen LogP contribution is -2.52. The van der Waals surface area contributed by atoms with E-state index < -0.39 is 0 Å². The maximum atomic E-state index is 14.0. The van der Waals surface area contributed by atoms with Gasteiger partial charge in [0.25, 0.3) is 0 Å². The van der Waals surface area contributed by atoms with Crippen molar-refractivity contribution < 1.29 is 14.0 Å². The first kappa shape index (κ1) is 20.4. The number of hydrogen-bond donors (Lipinski definition) is 2. The second kappa shape index (κ2) is 8.53. The summed E-state index contributed by atoms with van der Waals surface area (Å²) in [5.74, 6) is -0.367. The molecule has 0 atom stereocenters. The zero-order valence-corrected chi connectivity index (χ0v) is 17.8. The highest BCUT2D eigenvalue weighted by atomic mass is 19.1. The normalized spacial score (nSPS) is 16.2. The van der Waals surface area contributed by atoms with E-state index in [4.69, 9.17) is 0 Å². The fraction of sp³-hybridized carbons (Fsp3) is 0.333. The highest BCUT2D eigenvalue weighted by Gasteiger charge is 2.26. The van der Waals surface area contributed by atoms with Crippen molar-refractivity contribution >= 4 is 28.5 Å². The standard InChI is InChI=1S/C24H26FN5O2/c25-19-6-2-4-8-22(19)28-11-13-29(14-12-28)23(31)15-26-24(32)30-10-9-18-17-5-1-3-7-20(17)27-21(18)16-30/h1-8,27H,9-16H2,(H,26,32). The van der Waals surface area contributed by atoms with Crippen molar-refractivity contribution in [3.63, 3.8) is 0 Å². The molecule has 2 aliphatic heterocycles.